The number of rotatable bonds is 18. The topological polar surface area (TPSA) is 76.7 Å². The summed E-state index contributed by atoms with van der Waals surface area (Å²) in [5.74, 6) is 0.797. The number of amides is 2. The molecule has 0 spiro atoms. The molecule has 0 bridgehead atoms. The van der Waals surface area contributed by atoms with Crippen molar-refractivity contribution in [3.05, 3.63) is 0 Å². The lowest BCUT2D eigenvalue weighted by Crippen LogP contribution is -2.65. The highest BCUT2D eigenvalue weighted by molar-refractivity contribution is 8.23. The van der Waals surface area contributed by atoms with Crippen molar-refractivity contribution in [1.82, 2.24) is 10.6 Å². The first-order valence-corrected chi connectivity index (χ1v) is 15.8. The SMILES string of the molecule is CCCCCCCCCCCCCCC(NC(=O)OC(C)(C)C)(NC(=O)OC(C)(C)C)C(=S)SCCC. The summed E-state index contributed by atoms with van der Waals surface area (Å²) in [4.78, 5) is 25.7. The van der Waals surface area contributed by atoms with E-state index >= 15 is 0 Å². The zero-order valence-corrected chi connectivity index (χ0v) is 26.7. The molecule has 0 aliphatic rings. The molecule has 0 aliphatic carbocycles. The second-order valence-corrected chi connectivity index (χ2v) is 13.7. The Balaban J connectivity index is 5.14. The molecule has 0 heterocycles. The van der Waals surface area contributed by atoms with Crippen molar-refractivity contribution >= 4 is 40.4 Å². The van der Waals surface area contributed by atoms with E-state index in [-0.39, 0.29) is 0 Å². The first-order chi connectivity index (χ1) is 17.2. The molecule has 218 valence electrons. The van der Waals surface area contributed by atoms with Gasteiger partial charge in [0.1, 0.15) is 11.2 Å². The standard InChI is InChI=1S/C29H56N2O4S2/c1-9-11-12-13-14-15-16-17-18-19-20-21-22-29(24(36)37-23-10-2,30-25(32)34-27(3,4)5)31-26(33)35-28(6,7)8/h9-23H2,1-8H3,(H,30,32)(H,31,33). The van der Waals surface area contributed by atoms with Gasteiger partial charge in [0.15, 0.2) is 5.66 Å². The van der Waals surface area contributed by atoms with Crippen LogP contribution in [-0.4, -0.2) is 39.0 Å². The van der Waals surface area contributed by atoms with Crippen LogP contribution in [0.1, 0.15) is 145 Å². The lowest BCUT2D eigenvalue weighted by Gasteiger charge is -2.37. The summed E-state index contributed by atoms with van der Waals surface area (Å²) < 4.78 is 11.6. The minimum absolute atomic E-state index is 0.485. The Morgan fingerprint density at radius 1 is 0.649 bits per heavy atom. The number of thiocarbonyl (C=S) groups is 1. The Hall–Kier alpha value is -1.02. The van der Waals surface area contributed by atoms with E-state index in [1.807, 2.05) is 41.5 Å². The predicted molar refractivity (Wildman–Crippen MR) is 163 cm³/mol. The Morgan fingerprint density at radius 3 is 1.38 bits per heavy atom. The summed E-state index contributed by atoms with van der Waals surface area (Å²) in [6.07, 6.45) is 15.0. The molecule has 37 heavy (non-hydrogen) atoms. The van der Waals surface area contributed by atoms with Crippen molar-refractivity contribution < 1.29 is 19.1 Å². The molecule has 0 radical (unpaired) electrons. The number of ether oxygens (including phenoxy) is 2. The van der Waals surface area contributed by atoms with Crippen molar-refractivity contribution in [1.29, 1.82) is 0 Å². The molecule has 0 aromatic heterocycles. The van der Waals surface area contributed by atoms with Crippen LogP contribution in [-0.2, 0) is 9.47 Å². The number of unbranched alkanes of at least 4 members (excludes halogenated alkanes) is 11. The van der Waals surface area contributed by atoms with Gasteiger partial charge in [-0.1, -0.05) is 96.7 Å². The Kier molecular flexibility index (Phi) is 18.6. The average Bonchev–Trinajstić information content (AvgIpc) is 2.75. The highest BCUT2D eigenvalue weighted by Gasteiger charge is 2.40. The third kappa shape index (κ3) is 19.7. The molecule has 0 aromatic rings. The lowest BCUT2D eigenvalue weighted by atomic mass is 10.0. The number of alkyl carbamates (subject to hydrolysis) is 2. The van der Waals surface area contributed by atoms with Crippen LogP contribution in [0.5, 0.6) is 0 Å². The fourth-order valence-electron chi connectivity index (χ4n) is 3.87. The summed E-state index contributed by atoms with van der Waals surface area (Å²) in [5.41, 5.74) is -2.57. The van der Waals surface area contributed by atoms with E-state index in [1.54, 1.807) is 0 Å². The van der Waals surface area contributed by atoms with Crippen LogP contribution >= 0.6 is 24.0 Å². The van der Waals surface area contributed by atoms with Crippen molar-refractivity contribution in [3.63, 3.8) is 0 Å². The quantitative estimate of drug-likeness (QED) is 0.0988. The van der Waals surface area contributed by atoms with Crippen LogP contribution in [0.4, 0.5) is 9.59 Å². The van der Waals surface area contributed by atoms with Crippen LogP contribution in [0.2, 0.25) is 0 Å². The van der Waals surface area contributed by atoms with Crippen LogP contribution in [0, 0.1) is 0 Å². The maximum absolute atomic E-state index is 12.8. The molecule has 0 unspecified atom stereocenters. The monoisotopic (exact) mass is 560 g/mol. The van der Waals surface area contributed by atoms with E-state index in [0.29, 0.717) is 10.6 Å². The molecular weight excluding hydrogens is 504 g/mol. The highest BCUT2D eigenvalue weighted by Crippen LogP contribution is 2.25. The molecule has 8 heteroatoms. The van der Waals surface area contributed by atoms with E-state index in [9.17, 15) is 9.59 Å². The van der Waals surface area contributed by atoms with Gasteiger partial charge in [-0.2, -0.15) is 0 Å². The Morgan fingerprint density at radius 2 is 1.03 bits per heavy atom. The third-order valence-corrected chi connectivity index (χ3v) is 7.54. The van der Waals surface area contributed by atoms with Crippen LogP contribution in [0.15, 0.2) is 0 Å². The highest BCUT2D eigenvalue weighted by atomic mass is 32.2. The molecule has 0 fully saturated rings. The summed E-state index contributed by atoms with van der Waals surface area (Å²) in [6.45, 7) is 15.2. The molecule has 0 aromatic carbocycles. The lowest BCUT2D eigenvalue weighted by molar-refractivity contribution is 0.0382. The number of hydrogen-bond donors (Lipinski definition) is 2. The first-order valence-electron chi connectivity index (χ1n) is 14.4. The van der Waals surface area contributed by atoms with Crippen molar-refractivity contribution in [2.75, 3.05) is 5.75 Å². The minimum atomic E-state index is -1.22. The fourth-order valence-corrected chi connectivity index (χ4v) is 5.16. The zero-order valence-electron chi connectivity index (χ0n) is 25.1. The Labute approximate surface area is 237 Å². The molecule has 0 saturated heterocycles. The summed E-state index contributed by atoms with van der Waals surface area (Å²) in [5, 5.41) is 5.83. The summed E-state index contributed by atoms with van der Waals surface area (Å²) in [7, 11) is 0. The van der Waals surface area contributed by atoms with Gasteiger partial charge in [-0.3, -0.25) is 10.6 Å². The van der Waals surface area contributed by atoms with Crippen LogP contribution in [0.25, 0.3) is 0 Å². The number of carbonyl (C=O) groups is 2. The van der Waals surface area contributed by atoms with E-state index < -0.39 is 29.1 Å². The van der Waals surface area contributed by atoms with Gasteiger partial charge in [0.25, 0.3) is 0 Å². The third-order valence-electron chi connectivity index (χ3n) is 5.62. The van der Waals surface area contributed by atoms with Gasteiger partial charge in [-0.05, 0) is 66.6 Å². The van der Waals surface area contributed by atoms with Gasteiger partial charge in [0.2, 0.25) is 0 Å². The van der Waals surface area contributed by atoms with Gasteiger partial charge in [-0.25, -0.2) is 9.59 Å². The first kappa shape index (κ1) is 36.0. The smallest absolute Gasteiger partial charge is 0.409 e. The van der Waals surface area contributed by atoms with Crippen molar-refractivity contribution in [2.45, 2.75) is 162 Å². The van der Waals surface area contributed by atoms with Crippen molar-refractivity contribution in [2.24, 2.45) is 0 Å². The largest absolute Gasteiger partial charge is 0.444 e. The molecule has 0 rings (SSSR count). The molecule has 0 atom stereocenters. The normalized spacial score (nSPS) is 12.2. The van der Waals surface area contributed by atoms with E-state index in [4.69, 9.17) is 21.7 Å². The Bertz CT molecular complexity index is 627. The van der Waals surface area contributed by atoms with E-state index in [0.717, 1.165) is 31.4 Å². The number of thioether (sulfide) groups is 1. The second kappa shape index (κ2) is 19.1. The fraction of sp³-hybridized carbons (Fsp3) is 0.897. The van der Waals surface area contributed by atoms with Gasteiger partial charge >= 0.3 is 12.2 Å². The van der Waals surface area contributed by atoms with Crippen LogP contribution < -0.4 is 10.6 Å². The minimum Gasteiger partial charge on any atom is -0.444 e. The molecule has 6 nitrogen and oxygen atoms in total. The van der Waals surface area contributed by atoms with Gasteiger partial charge in [0.05, 0.1) is 4.20 Å². The number of hydrogen-bond acceptors (Lipinski definition) is 6. The maximum atomic E-state index is 12.8. The summed E-state index contributed by atoms with van der Waals surface area (Å²) in [6, 6.07) is 0. The number of nitrogens with one attached hydrogen (secondary N) is 2. The maximum Gasteiger partial charge on any atom is 0.409 e. The molecule has 0 aliphatic heterocycles. The molecular formula is C29H56N2O4S2. The predicted octanol–water partition coefficient (Wildman–Crippen LogP) is 9.29. The zero-order chi connectivity index (χ0) is 28.4. The van der Waals surface area contributed by atoms with Gasteiger partial charge in [0, 0.05) is 0 Å². The average molecular weight is 561 g/mol. The van der Waals surface area contributed by atoms with Crippen LogP contribution in [0.3, 0.4) is 0 Å². The van der Waals surface area contributed by atoms with Gasteiger partial charge in [-0.15, -0.1) is 11.8 Å². The second-order valence-electron chi connectivity index (χ2n) is 11.9. The van der Waals surface area contributed by atoms with Crippen molar-refractivity contribution in [3.8, 4) is 0 Å². The van der Waals surface area contributed by atoms with Gasteiger partial charge < -0.3 is 9.47 Å². The van der Waals surface area contributed by atoms with E-state index in [1.165, 1.54) is 69.5 Å². The summed E-state index contributed by atoms with van der Waals surface area (Å²) >= 11 is 7.26. The molecule has 0 saturated carbocycles. The molecule has 2 amide bonds. The van der Waals surface area contributed by atoms with E-state index in [2.05, 4.69) is 24.5 Å². The molecule has 2 N–H and O–H groups in total. The number of carbonyl (C=O) groups excluding carboxylic acids is 2.